The van der Waals surface area contributed by atoms with Gasteiger partial charge >= 0.3 is 0 Å². The minimum atomic E-state index is -3.64. The predicted octanol–water partition coefficient (Wildman–Crippen LogP) is 4.88. The van der Waals surface area contributed by atoms with Crippen LogP contribution in [0.5, 0.6) is 5.75 Å². The number of nitrogens with one attached hydrogen (secondary N) is 1. The van der Waals surface area contributed by atoms with Gasteiger partial charge < -0.3 is 15.0 Å². The molecule has 0 aliphatic rings. The number of carbonyl (C=O) groups excluding carboxylic acids is 2. The zero-order chi connectivity index (χ0) is 27.6. The molecule has 0 fully saturated rings. The largest absolute Gasteiger partial charge is 0.492 e. The van der Waals surface area contributed by atoms with Crippen molar-refractivity contribution in [1.29, 1.82) is 0 Å². The maximum atomic E-state index is 13.5. The normalized spacial score (nSPS) is 12.1. The van der Waals surface area contributed by atoms with Gasteiger partial charge in [-0.1, -0.05) is 48.3 Å². The second kappa shape index (κ2) is 14.4. The van der Waals surface area contributed by atoms with Gasteiger partial charge in [-0.25, -0.2) is 8.42 Å². The lowest BCUT2D eigenvalue weighted by Gasteiger charge is -2.31. The number of sulfonamides is 1. The summed E-state index contributed by atoms with van der Waals surface area (Å²) in [5.74, 6) is -0.0921. The molecule has 204 valence electrons. The van der Waals surface area contributed by atoms with E-state index in [-0.39, 0.29) is 37.7 Å². The van der Waals surface area contributed by atoms with Crippen LogP contribution in [0.25, 0.3) is 0 Å². The van der Waals surface area contributed by atoms with Crippen LogP contribution in [-0.4, -0.2) is 57.1 Å². The van der Waals surface area contributed by atoms with Crippen LogP contribution in [0.1, 0.15) is 45.6 Å². The van der Waals surface area contributed by atoms with Crippen LogP contribution in [0.2, 0.25) is 10.0 Å². The van der Waals surface area contributed by atoms with Crippen LogP contribution in [0.3, 0.4) is 0 Å². The molecule has 0 saturated heterocycles. The monoisotopic (exact) mass is 571 g/mol. The van der Waals surface area contributed by atoms with E-state index in [2.05, 4.69) is 5.32 Å². The third kappa shape index (κ3) is 8.79. The SMILES string of the molecule is CCNC(=O)[C@@H](CC)N(Cc1ccc(Cl)cc1Cl)C(=O)CCCN(c1ccccc1OCC)S(C)(=O)=O. The maximum Gasteiger partial charge on any atom is 0.242 e. The van der Waals surface area contributed by atoms with Gasteiger partial charge in [0.2, 0.25) is 21.8 Å². The number of hydrogen-bond acceptors (Lipinski definition) is 5. The average molecular weight is 573 g/mol. The van der Waals surface area contributed by atoms with Crippen molar-refractivity contribution in [2.24, 2.45) is 0 Å². The summed E-state index contributed by atoms with van der Waals surface area (Å²) in [7, 11) is -3.64. The Bertz CT molecular complexity index is 1180. The molecule has 2 aromatic rings. The first-order valence-corrected chi connectivity index (χ1v) is 14.8. The third-order valence-corrected chi connectivity index (χ3v) is 7.45. The first-order chi connectivity index (χ1) is 17.5. The van der Waals surface area contributed by atoms with E-state index >= 15 is 0 Å². The number of rotatable bonds is 14. The van der Waals surface area contributed by atoms with E-state index in [4.69, 9.17) is 27.9 Å². The second-order valence-electron chi connectivity index (χ2n) is 8.42. The number of ether oxygens (including phenoxy) is 1. The molecule has 0 spiro atoms. The number of nitrogens with zero attached hydrogens (tertiary/aromatic N) is 2. The number of benzene rings is 2. The molecule has 0 saturated carbocycles. The van der Waals surface area contributed by atoms with Crippen LogP contribution >= 0.6 is 23.2 Å². The lowest BCUT2D eigenvalue weighted by Crippen LogP contribution is -2.49. The highest BCUT2D eigenvalue weighted by atomic mass is 35.5. The van der Waals surface area contributed by atoms with Gasteiger partial charge in [0.25, 0.3) is 0 Å². The number of amides is 2. The molecule has 2 amide bonds. The van der Waals surface area contributed by atoms with Gasteiger partial charge in [-0.05, 0) is 56.5 Å². The summed E-state index contributed by atoms with van der Waals surface area (Å²) in [6.45, 7) is 6.47. The Kier molecular flexibility index (Phi) is 12.0. The first-order valence-electron chi connectivity index (χ1n) is 12.2. The standard InChI is InChI=1S/C26H35Cl2N3O5S/c1-5-22(26(33)29-6-2)30(18-19-14-15-20(27)17-21(19)28)25(32)13-10-16-31(37(4,34)35)23-11-8-9-12-24(23)36-7-3/h8-9,11-12,14-15,17,22H,5-7,10,13,16,18H2,1-4H3,(H,29,33)/t22-/m1/s1. The highest BCUT2D eigenvalue weighted by molar-refractivity contribution is 7.92. The van der Waals surface area contributed by atoms with Crippen LogP contribution in [0, 0.1) is 0 Å². The first kappa shape index (κ1) is 30.7. The molecular formula is C26H35Cl2N3O5S. The molecule has 0 aromatic heterocycles. The lowest BCUT2D eigenvalue weighted by molar-refractivity contribution is -0.141. The molecule has 37 heavy (non-hydrogen) atoms. The Morgan fingerprint density at radius 2 is 1.78 bits per heavy atom. The Hall–Kier alpha value is -2.49. The third-order valence-electron chi connectivity index (χ3n) is 5.68. The fourth-order valence-corrected chi connectivity index (χ4v) is 5.41. The number of anilines is 1. The summed E-state index contributed by atoms with van der Waals surface area (Å²) in [6, 6.07) is 11.2. The van der Waals surface area contributed by atoms with Gasteiger partial charge in [-0.2, -0.15) is 0 Å². The van der Waals surface area contributed by atoms with Crippen molar-refractivity contribution in [3.05, 3.63) is 58.1 Å². The number of hydrogen-bond donors (Lipinski definition) is 1. The van der Waals surface area contributed by atoms with Crippen molar-refractivity contribution in [2.75, 3.05) is 30.3 Å². The van der Waals surface area contributed by atoms with Gasteiger partial charge in [0.05, 0.1) is 18.6 Å². The Morgan fingerprint density at radius 1 is 1.08 bits per heavy atom. The van der Waals surface area contributed by atoms with Crippen LogP contribution in [-0.2, 0) is 26.2 Å². The summed E-state index contributed by atoms with van der Waals surface area (Å²) < 4.78 is 32.1. The minimum Gasteiger partial charge on any atom is -0.492 e. The fraction of sp³-hybridized carbons (Fsp3) is 0.462. The van der Waals surface area contributed by atoms with Crippen LogP contribution < -0.4 is 14.4 Å². The molecule has 0 aliphatic carbocycles. The minimum absolute atomic E-state index is 0.0317. The smallest absolute Gasteiger partial charge is 0.242 e. The topological polar surface area (TPSA) is 96.0 Å². The summed E-state index contributed by atoms with van der Waals surface area (Å²) in [5.41, 5.74) is 1.07. The lowest BCUT2D eigenvalue weighted by atomic mass is 10.1. The molecule has 2 aromatic carbocycles. The Balaban J connectivity index is 2.27. The van der Waals surface area contributed by atoms with Crippen molar-refractivity contribution in [1.82, 2.24) is 10.2 Å². The molecule has 0 bridgehead atoms. The van der Waals surface area contributed by atoms with E-state index in [0.717, 1.165) is 6.26 Å². The van der Waals surface area contributed by atoms with Crippen molar-refractivity contribution < 1.29 is 22.7 Å². The van der Waals surface area contributed by atoms with Crippen molar-refractivity contribution in [2.45, 2.75) is 52.6 Å². The van der Waals surface area contributed by atoms with Crippen molar-refractivity contribution in [3.8, 4) is 5.75 Å². The van der Waals surface area contributed by atoms with Crippen LogP contribution in [0.15, 0.2) is 42.5 Å². The summed E-state index contributed by atoms with van der Waals surface area (Å²) >= 11 is 12.4. The zero-order valence-corrected chi connectivity index (χ0v) is 24.0. The highest BCUT2D eigenvalue weighted by Crippen LogP contribution is 2.30. The Morgan fingerprint density at radius 3 is 2.38 bits per heavy atom. The van der Waals surface area contributed by atoms with Gasteiger partial charge in [0.1, 0.15) is 11.8 Å². The number of likely N-dealkylation sites (N-methyl/N-ethyl adjacent to an activating group) is 1. The van der Waals surface area contributed by atoms with E-state index in [9.17, 15) is 18.0 Å². The van der Waals surface area contributed by atoms with E-state index in [1.807, 2.05) is 20.8 Å². The van der Waals surface area contributed by atoms with Gasteiger partial charge in [-0.3, -0.25) is 13.9 Å². The molecule has 2 rings (SSSR count). The zero-order valence-electron chi connectivity index (χ0n) is 21.7. The molecule has 8 nitrogen and oxygen atoms in total. The molecule has 1 N–H and O–H groups in total. The predicted molar refractivity (Wildman–Crippen MR) is 149 cm³/mol. The number of para-hydroxylation sites is 2. The van der Waals surface area contributed by atoms with Gasteiger partial charge in [0.15, 0.2) is 0 Å². The fourth-order valence-electron chi connectivity index (χ4n) is 3.97. The van der Waals surface area contributed by atoms with Gasteiger partial charge in [-0.15, -0.1) is 0 Å². The molecular weight excluding hydrogens is 537 g/mol. The molecule has 0 unspecified atom stereocenters. The maximum absolute atomic E-state index is 13.5. The number of carbonyl (C=O) groups is 2. The summed E-state index contributed by atoms with van der Waals surface area (Å²) in [6.07, 6.45) is 1.79. The molecule has 1 atom stereocenters. The summed E-state index contributed by atoms with van der Waals surface area (Å²) in [5, 5.41) is 3.65. The van der Waals surface area contributed by atoms with Crippen molar-refractivity contribution in [3.63, 3.8) is 0 Å². The van der Waals surface area contributed by atoms with E-state index < -0.39 is 16.1 Å². The molecule has 0 heterocycles. The quantitative estimate of drug-likeness (QED) is 0.348. The van der Waals surface area contributed by atoms with Crippen LogP contribution in [0.4, 0.5) is 5.69 Å². The molecule has 0 radical (unpaired) electrons. The van der Waals surface area contributed by atoms with E-state index in [0.29, 0.717) is 46.6 Å². The molecule has 0 aliphatic heterocycles. The Labute approximate surface area is 229 Å². The number of halogens is 2. The highest BCUT2D eigenvalue weighted by Gasteiger charge is 2.29. The van der Waals surface area contributed by atoms with Crippen molar-refractivity contribution >= 4 is 50.7 Å². The average Bonchev–Trinajstić information content (AvgIpc) is 2.83. The summed E-state index contributed by atoms with van der Waals surface area (Å²) in [4.78, 5) is 27.7. The molecule has 11 heteroatoms. The van der Waals surface area contributed by atoms with Gasteiger partial charge in [0, 0.05) is 36.1 Å². The van der Waals surface area contributed by atoms with E-state index in [1.165, 1.54) is 9.21 Å². The second-order valence-corrected chi connectivity index (χ2v) is 11.2. The van der Waals surface area contributed by atoms with E-state index in [1.54, 1.807) is 42.5 Å².